The van der Waals surface area contributed by atoms with Crippen LogP contribution in [-0.2, 0) is 4.74 Å². The average Bonchev–Trinajstić information content (AvgIpc) is 2.47. The van der Waals surface area contributed by atoms with Crippen molar-refractivity contribution < 1.29 is 14.3 Å². The molecule has 5 heteroatoms. The molecule has 0 N–H and O–H groups in total. The second-order valence-corrected chi connectivity index (χ2v) is 4.56. The van der Waals surface area contributed by atoms with Crippen molar-refractivity contribution >= 4 is 23.4 Å². The predicted octanol–water partition coefficient (Wildman–Crippen LogP) is 3.39. The zero-order chi connectivity index (χ0) is 14.7. The lowest BCUT2D eigenvalue weighted by molar-refractivity contribution is 0.0601. The first-order valence-corrected chi connectivity index (χ1v) is 6.27. The molecule has 0 saturated heterocycles. The molecule has 0 saturated carbocycles. The lowest BCUT2D eigenvalue weighted by Crippen LogP contribution is -2.03. The molecule has 0 aliphatic heterocycles. The van der Waals surface area contributed by atoms with Crippen LogP contribution in [0, 0.1) is 0 Å². The number of benzene rings is 1. The number of ether oxygens (including phenoxy) is 1. The van der Waals surface area contributed by atoms with E-state index >= 15 is 0 Å². The molecule has 1 aromatic carbocycles. The number of Topliss-reactive ketones (excluding diaryl/α,β-unsaturated/α-hetero) is 1. The molecule has 0 aliphatic carbocycles. The van der Waals surface area contributed by atoms with Gasteiger partial charge in [0.25, 0.3) is 0 Å². The number of rotatable bonds is 3. The van der Waals surface area contributed by atoms with Crippen LogP contribution in [-0.4, -0.2) is 23.8 Å². The molecule has 0 aliphatic rings. The molecule has 0 amide bonds. The molecule has 1 heterocycles. The largest absolute Gasteiger partial charge is 0.465 e. The molecule has 102 valence electrons. The monoisotopic (exact) mass is 289 g/mol. The van der Waals surface area contributed by atoms with Crippen LogP contribution in [0.25, 0.3) is 11.3 Å². The fourth-order valence-corrected chi connectivity index (χ4v) is 1.94. The van der Waals surface area contributed by atoms with Crippen molar-refractivity contribution in [3.05, 3.63) is 52.7 Å². The van der Waals surface area contributed by atoms with Crippen molar-refractivity contribution in [1.82, 2.24) is 4.98 Å². The summed E-state index contributed by atoms with van der Waals surface area (Å²) in [5.41, 5.74) is 1.93. The van der Waals surface area contributed by atoms with E-state index < -0.39 is 5.97 Å². The lowest BCUT2D eigenvalue weighted by Gasteiger charge is -2.06. The van der Waals surface area contributed by atoms with Gasteiger partial charge in [0.05, 0.1) is 23.4 Å². The Labute approximate surface area is 121 Å². The van der Waals surface area contributed by atoms with Crippen LogP contribution in [0.3, 0.4) is 0 Å². The molecular formula is C15H12ClNO3. The molecule has 0 unspecified atom stereocenters. The third-order valence-electron chi connectivity index (χ3n) is 2.78. The van der Waals surface area contributed by atoms with Gasteiger partial charge in [-0.25, -0.2) is 9.78 Å². The summed E-state index contributed by atoms with van der Waals surface area (Å²) in [7, 11) is 1.29. The van der Waals surface area contributed by atoms with Crippen molar-refractivity contribution in [3.63, 3.8) is 0 Å². The number of carbonyl (C=O) groups is 2. The number of aromatic nitrogens is 1. The van der Waals surface area contributed by atoms with Gasteiger partial charge in [-0.3, -0.25) is 4.79 Å². The Bertz CT molecular complexity index is 683. The van der Waals surface area contributed by atoms with Gasteiger partial charge >= 0.3 is 5.97 Å². The summed E-state index contributed by atoms with van der Waals surface area (Å²) in [5.74, 6) is -0.631. The van der Waals surface area contributed by atoms with E-state index in [0.29, 0.717) is 22.0 Å². The molecule has 0 bridgehead atoms. The standard InChI is InChI=1S/C15H12ClNO3/c1-9(18)13-4-3-5-14(17-13)10-6-7-12(16)11(8-10)15(19)20-2/h3-8H,1-2H3. The van der Waals surface area contributed by atoms with E-state index in [9.17, 15) is 9.59 Å². The van der Waals surface area contributed by atoms with Gasteiger partial charge in [-0.2, -0.15) is 0 Å². The molecule has 0 atom stereocenters. The summed E-state index contributed by atoms with van der Waals surface area (Å²) in [6.07, 6.45) is 0. The summed E-state index contributed by atoms with van der Waals surface area (Å²) in [5, 5.41) is 0.309. The molecule has 20 heavy (non-hydrogen) atoms. The maximum atomic E-state index is 11.6. The minimum absolute atomic E-state index is 0.117. The number of methoxy groups -OCH3 is 1. The number of carbonyl (C=O) groups excluding carboxylic acids is 2. The highest BCUT2D eigenvalue weighted by atomic mass is 35.5. The second kappa shape index (κ2) is 5.84. The molecule has 2 rings (SSSR count). The van der Waals surface area contributed by atoms with Crippen molar-refractivity contribution in [2.45, 2.75) is 6.92 Å². The van der Waals surface area contributed by atoms with Crippen LogP contribution < -0.4 is 0 Å². The highest BCUT2D eigenvalue weighted by molar-refractivity contribution is 6.33. The molecule has 0 spiro atoms. The van der Waals surface area contributed by atoms with Gasteiger partial charge in [-0.05, 0) is 24.3 Å². The van der Waals surface area contributed by atoms with Crippen LogP contribution in [0.4, 0.5) is 0 Å². The first kappa shape index (κ1) is 14.2. The number of hydrogen-bond donors (Lipinski definition) is 0. The van der Waals surface area contributed by atoms with Crippen LogP contribution in [0.15, 0.2) is 36.4 Å². The van der Waals surface area contributed by atoms with E-state index in [-0.39, 0.29) is 11.3 Å². The number of pyridine rings is 1. The molecular weight excluding hydrogens is 278 g/mol. The van der Waals surface area contributed by atoms with Crippen LogP contribution >= 0.6 is 11.6 Å². The Balaban J connectivity index is 2.50. The Morgan fingerprint density at radius 2 is 1.95 bits per heavy atom. The van der Waals surface area contributed by atoms with Crippen molar-refractivity contribution in [2.75, 3.05) is 7.11 Å². The van der Waals surface area contributed by atoms with Gasteiger partial charge in [-0.1, -0.05) is 23.7 Å². The van der Waals surface area contributed by atoms with Gasteiger partial charge in [0.1, 0.15) is 5.69 Å². The van der Waals surface area contributed by atoms with Crippen molar-refractivity contribution in [2.24, 2.45) is 0 Å². The van der Waals surface area contributed by atoms with E-state index in [0.717, 1.165) is 0 Å². The topological polar surface area (TPSA) is 56.3 Å². The average molecular weight is 290 g/mol. The van der Waals surface area contributed by atoms with E-state index in [4.69, 9.17) is 11.6 Å². The Hall–Kier alpha value is -2.20. The molecule has 0 fully saturated rings. The quantitative estimate of drug-likeness (QED) is 0.642. The van der Waals surface area contributed by atoms with E-state index in [1.54, 1.807) is 36.4 Å². The zero-order valence-electron chi connectivity index (χ0n) is 11.0. The Kier molecular flexibility index (Phi) is 4.15. The van der Waals surface area contributed by atoms with E-state index in [1.807, 2.05) is 0 Å². The summed E-state index contributed by atoms with van der Waals surface area (Å²) < 4.78 is 4.67. The molecule has 0 radical (unpaired) electrons. The lowest BCUT2D eigenvalue weighted by atomic mass is 10.1. The molecule has 2 aromatic rings. The Morgan fingerprint density at radius 3 is 2.60 bits per heavy atom. The number of nitrogens with zero attached hydrogens (tertiary/aromatic N) is 1. The fourth-order valence-electron chi connectivity index (χ4n) is 1.74. The highest BCUT2D eigenvalue weighted by Crippen LogP contribution is 2.24. The molecule has 1 aromatic heterocycles. The first-order valence-electron chi connectivity index (χ1n) is 5.89. The first-order chi connectivity index (χ1) is 9.52. The van der Waals surface area contributed by atoms with Gasteiger partial charge in [0.15, 0.2) is 5.78 Å². The second-order valence-electron chi connectivity index (χ2n) is 4.15. The predicted molar refractivity (Wildman–Crippen MR) is 76.0 cm³/mol. The van der Waals surface area contributed by atoms with Crippen LogP contribution in [0.2, 0.25) is 5.02 Å². The van der Waals surface area contributed by atoms with Crippen molar-refractivity contribution in [1.29, 1.82) is 0 Å². The van der Waals surface area contributed by atoms with Crippen LogP contribution in [0.1, 0.15) is 27.8 Å². The minimum Gasteiger partial charge on any atom is -0.465 e. The summed E-state index contributed by atoms with van der Waals surface area (Å²) in [4.78, 5) is 27.2. The fraction of sp³-hybridized carbons (Fsp3) is 0.133. The SMILES string of the molecule is COC(=O)c1cc(-c2cccc(C(C)=O)n2)ccc1Cl. The number of esters is 1. The number of halogens is 1. The van der Waals surface area contributed by atoms with Gasteiger partial charge < -0.3 is 4.74 Å². The summed E-state index contributed by atoms with van der Waals surface area (Å²) >= 11 is 5.96. The minimum atomic E-state index is -0.514. The van der Waals surface area contributed by atoms with Gasteiger partial charge in [0.2, 0.25) is 0 Å². The maximum absolute atomic E-state index is 11.6. The highest BCUT2D eigenvalue weighted by Gasteiger charge is 2.13. The van der Waals surface area contributed by atoms with Crippen molar-refractivity contribution in [3.8, 4) is 11.3 Å². The third kappa shape index (κ3) is 2.86. The summed E-state index contributed by atoms with van der Waals surface area (Å²) in [6, 6.07) is 10.1. The Morgan fingerprint density at radius 1 is 1.20 bits per heavy atom. The van der Waals surface area contributed by atoms with Crippen LogP contribution in [0.5, 0.6) is 0 Å². The smallest absolute Gasteiger partial charge is 0.339 e. The maximum Gasteiger partial charge on any atom is 0.339 e. The summed E-state index contributed by atoms with van der Waals surface area (Å²) in [6.45, 7) is 1.45. The zero-order valence-corrected chi connectivity index (χ0v) is 11.8. The van der Waals surface area contributed by atoms with Gasteiger partial charge in [-0.15, -0.1) is 0 Å². The van der Waals surface area contributed by atoms with Gasteiger partial charge in [0, 0.05) is 12.5 Å². The third-order valence-corrected chi connectivity index (χ3v) is 3.11. The number of hydrogen-bond acceptors (Lipinski definition) is 4. The van der Waals surface area contributed by atoms with E-state index in [2.05, 4.69) is 9.72 Å². The number of ketones is 1. The van der Waals surface area contributed by atoms with E-state index in [1.165, 1.54) is 14.0 Å². The molecule has 4 nitrogen and oxygen atoms in total. The normalized spacial score (nSPS) is 10.2.